The Morgan fingerprint density at radius 3 is 2.94 bits per heavy atom. The molecule has 0 aliphatic heterocycles. The van der Waals surface area contributed by atoms with Gasteiger partial charge in [0.05, 0.1) is 22.7 Å². The summed E-state index contributed by atoms with van der Waals surface area (Å²) in [5.74, 6) is 0.568. The Balaban J connectivity index is 2.06. The lowest BCUT2D eigenvalue weighted by atomic mass is 10.4. The fourth-order valence-corrected chi connectivity index (χ4v) is 2.48. The van der Waals surface area contributed by atoms with Crippen LogP contribution in [0.15, 0.2) is 28.5 Å². The lowest BCUT2D eigenvalue weighted by Crippen LogP contribution is -1.97. The van der Waals surface area contributed by atoms with E-state index in [4.69, 9.17) is 0 Å². The van der Waals surface area contributed by atoms with Gasteiger partial charge in [0.1, 0.15) is 5.03 Å². The summed E-state index contributed by atoms with van der Waals surface area (Å²) < 4.78 is 1.76. The van der Waals surface area contributed by atoms with E-state index in [2.05, 4.69) is 30.6 Å². The third kappa shape index (κ3) is 1.90. The zero-order chi connectivity index (χ0) is 12.5. The molecule has 8 heteroatoms. The van der Waals surface area contributed by atoms with Gasteiger partial charge in [-0.2, -0.15) is 15.2 Å². The van der Waals surface area contributed by atoms with Crippen LogP contribution < -0.4 is 5.32 Å². The van der Waals surface area contributed by atoms with Gasteiger partial charge >= 0.3 is 0 Å². The van der Waals surface area contributed by atoms with Crippen LogP contribution in [0.2, 0.25) is 0 Å². The minimum Gasteiger partial charge on any atom is -0.357 e. The molecule has 3 aromatic heterocycles. The molecule has 0 atom stereocenters. The van der Waals surface area contributed by atoms with Gasteiger partial charge in [0.15, 0.2) is 5.65 Å². The van der Waals surface area contributed by atoms with Gasteiger partial charge in [0, 0.05) is 20.3 Å². The topological polar surface area (TPSA) is 84.3 Å². The minimum absolute atomic E-state index is 0.568. The van der Waals surface area contributed by atoms with Gasteiger partial charge in [-0.1, -0.05) is 11.8 Å². The largest absolute Gasteiger partial charge is 0.357 e. The molecular weight excluding hydrogens is 250 g/mol. The Labute approximate surface area is 107 Å². The summed E-state index contributed by atoms with van der Waals surface area (Å²) in [5, 5.41) is 15.7. The van der Waals surface area contributed by atoms with E-state index in [1.807, 2.05) is 13.2 Å². The molecule has 0 unspecified atom stereocenters. The van der Waals surface area contributed by atoms with Crippen LogP contribution in [0.1, 0.15) is 0 Å². The Morgan fingerprint density at radius 2 is 2.22 bits per heavy atom. The summed E-state index contributed by atoms with van der Waals surface area (Å²) >= 11 is 1.54. The number of aryl methyl sites for hydroxylation is 1. The van der Waals surface area contributed by atoms with Crippen molar-refractivity contribution in [3.05, 3.63) is 18.6 Å². The number of fused-ring (bicyclic) bond motifs is 1. The average Bonchev–Trinajstić information content (AvgIpc) is 2.98. The lowest BCUT2D eigenvalue weighted by Gasteiger charge is -2.03. The standard InChI is InChI=1S/C10H11N7S/c1-11-10-14-8-7(4-12-16-8)9(15-10)18-6-3-13-17(2)5-6/h3-5H,1-2H3,(H2,11,12,14,15,16). The highest BCUT2D eigenvalue weighted by molar-refractivity contribution is 7.99. The lowest BCUT2D eigenvalue weighted by molar-refractivity contribution is 0.766. The molecule has 0 spiro atoms. The van der Waals surface area contributed by atoms with Crippen molar-refractivity contribution in [3.8, 4) is 0 Å². The van der Waals surface area contributed by atoms with Crippen LogP contribution in [-0.4, -0.2) is 37.0 Å². The predicted octanol–water partition coefficient (Wildman–Crippen LogP) is 1.28. The van der Waals surface area contributed by atoms with E-state index in [-0.39, 0.29) is 0 Å². The summed E-state index contributed by atoms with van der Waals surface area (Å²) in [6.07, 6.45) is 5.48. The second kappa shape index (κ2) is 4.30. The third-order valence-corrected chi connectivity index (χ3v) is 3.35. The maximum Gasteiger partial charge on any atom is 0.225 e. The van der Waals surface area contributed by atoms with Crippen molar-refractivity contribution in [2.45, 2.75) is 9.92 Å². The van der Waals surface area contributed by atoms with Crippen molar-refractivity contribution in [3.63, 3.8) is 0 Å². The van der Waals surface area contributed by atoms with E-state index in [1.54, 1.807) is 24.1 Å². The number of rotatable bonds is 3. The first-order valence-corrected chi connectivity index (χ1v) is 6.13. The molecule has 3 aromatic rings. The molecule has 7 nitrogen and oxygen atoms in total. The number of H-pyrrole nitrogens is 1. The number of hydrogen-bond acceptors (Lipinski definition) is 6. The Morgan fingerprint density at radius 1 is 1.33 bits per heavy atom. The van der Waals surface area contributed by atoms with Crippen LogP contribution >= 0.6 is 11.8 Å². The molecule has 0 aliphatic carbocycles. The second-order valence-corrected chi connectivity index (χ2v) is 4.75. The predicted molar refractivity (Wildman–Crippen MR) is 68.6 cm³/mol. The van der Waals surface area contributed by atoms with E-state index < -0.39 is 0 Å². The molecule has 2 N–H and O–H groups in total. The summed E-state index contributed by atoms with van der Waals surface area (Å²) in [4.78, 5) is 9.76. The first-order chi connectivity index (χ1) is 8.76. The van der Waals surface area contributed by atoms with Crippen molar-refractivity contribution in [1.82, 2.24) is 29.9 Å². The van der Waals surface area contributed by atoms with Crippen LogP contribution in [0.4, 0.5) is 5.95 Å². The first-order valence-electron chi connectivity index (χ1n) is 5.31. The molecule has 18 heavy (non-hydrogen) atoms. The van der Waals surface area contributed by atoms with Crippen LogP contribution in [0, 0.1) is 0 Å². The van der Waals surface area contributed by atoms with Crippen LogP contribution in [-0.2, 0) is 7.05 Å². The number of nitrogens with one attached hydrogen (secondary N) is 2. The van der Waals surface area contributed by atoms with Crippen LogP contribution in [0.3, 0.4) is 0 Å². The Hall–Kier alpha value is -2.09. The molecule has 0 aliphatic rings. The number of hydrogen-bond donors (Lipinski definition) is 2. The summed E-state index contributed by atoms with van der Waals surface area (Å²) in [5.41, 5.74) is 0.723. The third-order valence-electron chi connectivity index (χ3n) is 2.39. The van der Waals surface area contributed by atoms with Gasteiger partial charge in [0.2, 0.25) is 5.95 Å². The first kappa shape index (κ1) is 11.0. The van der Waals surface area contributed by atoms with Crippen molar-refractivity contribution in [2.75, 3.05) is 12.4 Å². The number of aromatic amines is 1. The maximum atomic E-state index is 4.44. The zero-order valence-electron chi connectivity index (χ0n) is 9.88. The smallest absolute Gasteiger partial charge is 0.225 e. The number of aromatic nitrogens is 6. The molecule has 92 valence electrons. The molecular formula is C10H11N7S. The normalized spacial score (nSPS) is 11.0. The average molecular weight is 261 g/mol. The highest BCUT2D eigenvalue weighted by atomic mass is 32.2. The van der Waals surface area contributed by atoms with E-state index in [0.29, 0.717) is 5.95 Å². The van der Waals surface area contributed by atoms with E-state index in [1.165, 1.54) is 11.8 Å². The molecule has 3 rings (SSSR count). The molecule has 0 amide bonds. The summed E-state index contributed by atoms with van der Waals surface area (Å²) in [7, 11) is 3.67. The van der Waals surface area contributed by atoms with Crippen molar-refractivity contribution in [2.24, 2.45) is 7.05 Å². The van der Waals surface area contributed by atoms with Gasteiger partial charge in [0.25, 0.3) is 0 Å². The van der Waals surface area contributed by atoms with E-state index in [9.17, 15) is 0 Å². The molecule has 0 saturated carbocycles. The second-order valence-electron chi connectivity index (χ2n) is 3.69. The molecule has 3 heterocycles. The van der Waals surface area contributed by atoms with Gasteiger partial charge in [-0.25, -0.2) is 4.98 Å². The van der Waals surface area contributed by atoms with Crippen molar-refractivity contribution >= 4 is 28.7 Å². The molecule has 0 fully saturated rings. The highest BCUT2D eigenvalue weighted by Gasteiger charge is 2.11. The summed E-state index contributed by atoms with van der Waals surface area (Å²) in [6, 6.07) is 0. The highest BCUT2D eigenvalue weighted by Crippen LogP contribution is 2.31. The Bertz CT molecular complexity index is 686. The summed E-state index contributed by atoms with van der Waals surface area (Å²) in [6.45, 7) is 0. The number of nitrogens with zero attached hydrogens (tertiary/aromatic N) is 5. The van der Waals surface area contributed by atoms with E-state index in [0.717, 1.165) is 21.0 Å². The fraction of sp³-hybridized carbons (Fsp3) is 0.200. The van der Waals surface area contributed by atoms with Gasteiger partial charge in [-0.05, 0) is 0 Å². The molecule has 0 saturated heterocycles. The monoisotopic (exact) mass is 261 g/mol. The van der Waals surface area contributed by atoms with Crippen molar-refractivity contribution in [1.29, 1.82) is 0 Å². The van der Waals surface area contributed by atoms with Crippen LogP contribution in [0.25, 0.3) is 11.0 Å². The van der Waals surface area contributed by atoms with E-state index >= 15 is 0 Å². The zero-order valence-corrected chi connectivity index (χ0v) is 10.7. The number of anilines is 1. The minimum atomic E-state index is 0.568. The molecule has 0 radical (unpaired) electrons. The maximum absolute atomic E-state index is 4.44. The SMILES string of the molecule is CNc1nc(Sc2cnn(C)c2)c2cn[nH]c2n1. The molecule has 0 aromatic carbocycles. The molecule has 0 bridgehead atoms. The van der Waals surface area contributed by atoms with Crippen LogP contribution in [0.5, 0.6) is 0 Å². The quantitative estimate of drug-likeness (QED) is 0.691. The van der Waals surface area contributed by atoms with Gasteiger partial charge < -0.3 is 5.32 Å². The van der Waals surface area contributed by atoms with Crippen molar-refractivity contribution < 1.29 is 0 Å². The van der Waals surface area contributed by atoms with Gasteiger partial charge in [-0.15, -0.1) is 0 Å². The van der Waals surface area contributed by atoms with Gasteiger partial charge in [-0.3, -0.25) is 9.78 Å². The Kier molecular flexibility index (Phi) is 2.63. The fourth-order valence-electron chi connectivity index (χ4n) is 1.56.